The van der Waals surface area contributed by atoms with E-state index < -0.39 is 0 Å². The van der Waals surface area contributed by atoms with Gasteiger partial charge >= 0.3 is 0 Å². The average molecular weight is 323 g/mol. The third-order valence-electron chi connectivity index (χ3n) is 5.31. The van der Waals surface area contributed by atoms with Crippen LogP contribution in [0.1, 0.15) is 50.7 Å². The Hall–Kier alpha value is -1.06. The van der Waals surface area contributed by atoms with Crippen LogP contribution in [-0.4, -0.2) is 24.5 Å². The highest BCUT2D eigenvalue weighted by Gasteiger charge is 2.40. The van der Waals surface area contributed by atoms with Gasteiger partial charge in [-0.15, -0.1) is 12.4 Å². The van der Waals surface area contributed by atoms with Crippen molar-refractivity contribution in [3.05, 3.63) is 35.4 Å². The Kier molecular flexibility index (Phi) is 5.51. The topological polar surface area (TPSA) is 41.1 Å². The number of nitrogens with one attached hydrogen (secondary N) is 2. The molecule has 1 fully saturated rings. The molecule has 0 saturated carbocycles. The second kappa shape index (κ2) is 7.01. The fourth-order valence-corrected chi connectivity index (χ4v) is 3.85. The summed E-state index contributed by atoms with van der Waals surface area (Å²) < 4.78 is 0. The van der Waals surface area contributed by atoms with Crippen molar-refractivity contribution in [3.8, 4) is 0 Å². The van der Waals surface area contributed by atoms with Crippen LogP contribution in [0.5, 0.6) is 0 Å². The van der Waals surface area contributed by atoms with E-state index in [0.29, 0.717) is 6.04 Å². The number of amides is 1. The van der Waals surface area contributed by atoms with Crippen molar-refractivity contribution < 1.29 is 4.79 Å². The zero-order chi connectivity index (χ0) is 14.9. The summed E-state index contributed by atoms with van der Waals surface area (Å²) in [5.74, 6) is 0.204. The van der Waals surface area contributed by atoms with Gasteiger partial charge < -0.3 is 10.6 Å². The number of fused-ring (bicyclic) bond motifs is 1. The Morgan fingerprint density at radius 2 is 2.09 bits per heavy atom. The van der Waals surface area contributed by atoms with Crippen LogP contribution >= 0.6 is 12.4 Å². The summed E-state index contributed by atoms with van der Waals surface area (Å²) >= 11 is 0. The number of benzene rings is 1. The van der Waals surface area contributed by atoms with Gasteiger partial charge in [-0.1, -0.05) is 24.3 Å². The maximum Gasteiger partial charge on any atom is 0.230 e. The van der Waals surface area contributed by atoms with Crippen LogP contribution in [0.2, 0.25) is 0 Å². The van der Waals surface area contributed by atoms with E-state index in [4.69, 9.17) is 0 Å². The first-order valence-electron chi connectivity index (χ1n) is 8.24. The van der Waals surface area contributed by atoms with E-state index in [1.54, 1.807) is 0 Å². The van der Waals surface area contributed by atoms with Crippen LogP contribution in [0.4, 0.5) is 0 Å². The maximum absolute atomic E-state index is 13.0. The SMILES string of the molecule is CC1NCCCC1NC(=O)C1(C)CCCc2ccccc21.Cl. The minimum absolute atomic E-state index is 0. The van der Waals surface area contributed by atoms with E-state index in [1.807, 2.05) is 0 Å². The first-order chi connectivity index (χ1) is 10.1. The molecule has 0 spiro atoms. The van der Waals surface area contributed by atoms with Crippen LogP contribution in [0.3, 0.4) is 0 Å². The van der Waals surface area contributed by atoms with Crippen LogP contribution in [0, 0.1) is 0 Å². The smallest absolute Gasteiger partial charge is 0.230 e. The van der Waals surface area contributed by atoms with Gasteiger partial charge in [0.15, 0.2) is 0 Å². The lowest BCUT2D eigenvalue weighted by Crippen LogP contribution is -2.56. The summed E-state index contributed by atoms with van der Waals surface area (Å²) in [6, 6.07) is 9.07. The number of halogens is 1. The molecule has 1 aromatic carbocycles. The fourth-order valence-electron chi connectivity index (χ4n) is 3.85. The summed E-state index contributed by atoms with van der Waals surface area (Å²) in [5.41, 5.74) is 2.20. The van der Waals surface area contributed by atoms with Crippen molar-refractivity contribution in [3.63, 3.8) is 0 Å². The molecule has 1 aromatic rings. The molecule has 1 aliphatic heterocycles. The average Bonchev–Trinajstić information content (AvgIpc) is 2.50. The van der Waals surface area contributed by atoms with Gasteiger partial charge in [-0.3, -0.25) is 4.79 Å². The van der Waals surface area contributed by atoms with Crippen LogP contribution in [0.25, 0.3) is 0 Å². The minimum atomic E-state index is -0.369. The van der Waals surface area contributed by atoms with Crippen molar-refractivity contribution in [2.45, 2.75) is 63.5 Å². The Balaban J connectivity index is 0.00000176. The standard InChI is InChI=1S/C18H26N2O.ClH/c1-13-16(10-6-12-19-13)20-17(21)18(2)11-5-8-14-7-3-4-9-15(14)18;/h3-4,7,9,13,16,19H,5-6,8,10-12H2,1-2H3,(H,20,21);1H. The number of carbonyl (C=O) groups excluding carboxylic acids is 1. The van der Waals surface area contributed by atoms with E-state index in [0.717, 1.165) is 38.6 Å². The number of piperidine rings is 1. The lowest BCUT2D eigenvalue weighted by Gasteiger charge is -2.38. The summed E-state index contributed by atoms with van der Waals surface area (Å²) in [6.07, 6.45) is 5.37. The van der Waals surface area contributed by atoms with Gasteiger partial charge in [0, 0.05) is 12.1 Å². The molecule has 2 aliphatic rings. The van der Waals surface area contributed by atoms with Gasteiger partial charge in [0.2, 0.25) is 5.91 Å². The van der Waals surface area contributed by atoms with Gasteiger partial charge in [0.05, 0.1) is 5.41 Å². The summed E-state index contributed by atoms with van der Waals surface area (Å²) in [6.45, 7) is 5.34. The van der Waals surface area contributed by atoms with Gasteiger partial charge in [-0.05, 0) is 63.6 Å². The molecule has 1 amide bonds. The zero-order valence-electron chi connectivity index (χ0n) is 13.5. The van der Waals surface area contributed by atoms with Gasteiger partial charge in [0.25, 0.3) is 0 Å². The second-order valence-electron chi connectivity index (χ2n) is 6.81. The second-order valence-corrected chi connectivity index (χ2v) is 6.81. The molecule has 3 nitrogen and oxygen atoms in total. The molecule has 1 aliphatic carbocycles. The minimum Gasteiger partial charge on any atom is -0.351 e. The molecule has 0 aromatic heterocycles. The molecular weight excluding hydrogens is 296 g/mol. The molecular formula is C18H27ClN2O. The lowest BCUT2D eigenvalue weighted by molar-refractivity contribution is -0.127. The van der Waals surface area contributed by atoms with Crippen LogP contribution in [0.15, 0.2) is 24.3 Å². The molecule has 0 radical (unpaired) electrons. The van der Waals surface area contributed by atoms with E-state index in [-0.39, 0.29) is 29.8 Å². The van der Waals surface area contributed by atoms with Crippen molar-refractivity contribution in [2.75, 3.05) is 6.54 Å². The summed E-state index contributed by atoms with van der Waals surface area (Å²) in [5, 5.41) is 6.78. The summed E-state index contributed by atoms with van der Waals surface area (Å²) in [7, 11) is 0. The monoisotopic (exact) mass is 322 g/mol. The Labute approximate surface area is 139 Å². The number of hydrogen-bond donors (Lipinski definition) is 2. The van der Waals surface area contributed by atoms with Gasteiger partial charge in [-0.25, -0.2) is 0 Å². The van der Waals surface area contributed by atoms with Crippen molar-refractivity contribution in [1.29, 1.82) is 0 Å². The number of aryl methyl sites for hydroxylation is 1. The third kappa shape index (κ3) is 3.16. The van der Waals surface area contributed by atoms with E-state index >= 15 is 0 Å². The molecule has 1 heterocycles. The molecule has 1 saturated heterocycles. The van der Waals surface area contributed by atoms with Gasteiger partial charge in [-0.2, -0.15) is 0 Å². The van der Waals surface area contributed by atoms with E-state index in [9.17, 15) is 4.79 Å². The molecule has 122 valence electrons. The van der Waals surface area contributed by atoms with E-state index in [2.05, 4.69) is 48.7 Å². The molecule has 2 N–H and O–H groups in total. The highest BCUT2D eigenvalue weighted by atomic mass is 35.5. The lowest BCUT2D eigenvalue weighted by atomic mass is 9.70. The van der Waals surface area contributed by atoms with Crippen molar-refractivity contribution in [1.82, 2.24) is 10.6 Å². The molecule has 4 heteroatoms. The Bertz CT molecular complexity index is 534. The number of carbonyl (C=O) groups is 1. The first-order valence-corrected chi connectivity index (χ1v) is 8.24. The predicted molar refractivity (Wildman–Crippen MR) is 92.6 cm³/mol. The van der Waals surface area contributed by atoms with Crippen LogP contribution in [-0.2, 0) is 16.6 Å². The van der Waals surface area contributed by atoms with Crippen LogP contribution < -0.4 is 10.6 Å². The molecule has 3 atom stereocenters. The Morgan fingerprint density at radius 3 is 2.86 bits per heavy atom. The van der Waals surface area contributed by atoms with E-state index in [1.165, 1.54) is 11.1 Å². The normalized spacial score (nSPS) is 30.8. The molecule has 0 bridgehead atoms. The molecule has 22 heavy (non-hydrogen) atoms. The Morgan fingerprint density at radius 1 is 1.32 bits per heavy atom. The fraction of sp³-hybridized carbons (Fsp3) is 0.611. The predicted octanol–water partition coefficient (Wildman–Crippen LogP) is 2.96. The highest BCUT2D eigenvalue weighted by molar-refractivity contribution is 5.88. The quantitative estimate of drug-likeness (QED) is 0.879. The highest BCUT2D eigenvalue weighted by Crippen LogP contribution is 2.37. The maximum atomic E-state index is 13.0. The largest absolute Gasteiger partial charge is 0.351 e. The van der Waals surface area contributed by atoms with Gasteiger partial charge in [0.1, 0.15) is 0 Å². The first kappa shape index (κ1) is 17.3. The van der Waals surface area contributed by atoms with Crippen molar-refractivity contribution >= 4 is 18.3 Å². The number of rotatable bonds is 2. The number of hydrogen-bond acceptors (Lipinski definition) is 2. The molecule has 3 unspecified atom stereocenters. The molecule has 3 rings (SSSR count). The summed E-state index contributed by atoms with van der Waals surface area (Å²) in [4.78, 5) is 13.0. The van der Waals surface area contributed by atoms with Crippen molar-refractivity contribution in [2.24, 2.45) is 0 Å². The zero-order valence-corrected chi connectivity index (χ0v) is 14.3. The third-order valence-corrected chi connectivity index (χ3v) is 5.31.